The van der Waals surface area contributed by atoms with Crippen LogP contribution in [0.5, 0.6) is 5.75 Å². The fraction of sp³-hybridized carbons (Fsp3) is 0.160. The van der Waals surface area contributed by atoms with Crippen molar-refractivity contribution in [2.24, 2.45) is 0 Å². The highest BCUT2D eigenvalue weighted by molar-refractivity contribution is 5.84. The molecule has 4 heteroatoms. The van der Waals surface area contributed by atoms with Gasteiger partial charge in [-0.15, -0.1) is 0 Å². The van der Waals surface area contributed by atoms with Gasteiger partial charge in [0.1, 0.15) is 17.6 Å². The number of furan rings is 1. The number of hydrogen-bond donors (Lipinski definition) is 0. The third-order valence-electron chi connectivity index (χ3n) is 5.09. The van der Waals surface area contributed by atoms with Gasteiger partial charge >= 0.3 is 0 Å². The van der Waals surface area contributed by atoms with Crippen molar-refractivity contribution >= 4 is 17.3 Å². The summed E-state index contributed by atoms with van der Waals surface area (Å²) >= 11 is 0. The number of fused-ring (bicyclic) bond motifs is 1. The zero-order valence-electron chi connectivity index (χ0n) is 16.4. The van der Waals surface area contributed by atoms with Crippen molar-refractivity contribution in [3.8, 4) is 28.2 Å². The van der Waals surface area contributed by atoms with E-state index in [-0.39, 0.29) is 11.6 Å². The Morgan fingerprint density at radius 2 is 1.86 bits per heavy atom. The van der Waals surface area contributed by atoms with Crippen LogP contribution in [0.2, 0.25) is 0 Å². The number of aryl methyl sites for hydroxylation is 2. The Balaban J connectivity index is 1.72. The molecular formula is C25H21FO3. The Kier molecular flexibility index (Phi) is 5.17. The molecule has 29 heavy (non-hydrogen) atoms. The van der Waals surface area contributed by atoms with E-state index in [0.29, 0.717) is 6.42 Å². The highest BCUT2D eigenvalue weighted by Crippen LogP contribution is 2.34. The topological polar surface area (TPSA) is 39.4 Å². The summed E-state index contributed by atoms with van der Waals surface area (Å²) in [5.74, 6) is 0.608. The van der Waals surface area contributed by atoms with E-state index in [2.05, 4.69) is 6.07 Å². The molecule has 1 aromatic heterocycles. The van der Waals surface area contributed by atoms with Gasteiger partial charge in [-0.3, -0.25) is 0 Å². The lowest BCUT2D eigenvalue weighted by molar-refractivity contribution is -0.107. The van der Waals surface area contributed by atoms with Crippen LogP contribution in [0.4, 0.5) is 4.39 Å². The number of aldehydes is 1. The number of rotatable bonds is 6. The van der Waals surface area contributed by atoms with Gasteiger partial charge < -0.3 is 13.9 Å². The Hall–Kier alpha value is -3.40. The Morgan fingerprint density at radius 1 is 1.03 bits per heavy atom. The van der Waals surface area contributed by atoms with Crippen molar-refractivity contribution in [1.29, 1.82) is 0 Å². The first kappa shape index (κ1) is 18.9. The van der Waals surface area contributed by atoms with E-state index in [9.17, 15) is 9.18 Å². The fourth-order valence-corrected chi connectivity index (χ4v) is 3.58. The van der Waals surface area contributed by atoms with Crippen LogP contribution in [0.1, 0.15) is 17.5 Å². The lowest BCUT2D eigenvalue weighted by atomic mass is 9.97. The Labute approximate surface area is 168 Å². The van der Waals surface area contributed by atoms with Crippen LogP contribution in [0.3, 0.4) is 0 Å². The maximum atomic E-state index is 14.2. The van der Waals surface area contributed by atoms with Crippen molar-refractivity contribution in [3.05, 3.63) is 77.6 Å². The molecule has 0 saturated heterocycles. The van der Waals surface area contributed by atoms with Gasteiger partial charge in [0.2, 0.25) is 0 Å². The SMILES string of the molecule is COc1cc(C)c(-c2cccc(-c3cc4cc(CCC=O)ccc4o3)c2)cc1F. The second kappa shape index (κ2) is 7.92. The average Bonchev–Trinajstić information content (AvgIpc) is 3.17. The molecule has 3 nitrogen and oxygen atoms in total. The van der Waals surface area contributed by atoms with Gasteiger partial charge in [0, 0.05) is 17.4 Å². The summed E-state index contributed by atoms with van der Waals surface area (Å²) in [6, 6.07) is 19.1. The molecule has 0 saturated carbocycles. The first-order valence-corrected chi connectivity index (χ1v) is 9.50. The minimum Gasteiger partial charge on any atom is -0.494 e. The van der Waals surface area contributed by atoms with Gasteiger partial charge in [-0.2, -0.15) is 0 Å². The summed E-state index contributed by atoms with van der Waals surface area (Å²) in [5, 5.41) is 1.00. The Bertz CT molecular complexity index is 1190. The molecule has 3 aromatic carbocycles. The standard InChI is InChI=1S/C25H21FO3/c1-16-11-25(28-2)22(26)15-21(16)18-6-3-7-19(13-18)24-14-20-12-17(5-4-10-27)8-9-23(20)29-24/h3,6-15H,4-5H2,1-2H3. The molecule has 1 heterocycles. The number of ether oxygens (including phenoxy) is 1. The number of carbonyl (C=O) groups excluding carboxylic acids is 1. The highest BCUT2D eigenvalue weighted by Gasteiger charge is 2.12. The van der Waals surface area contributed by atoms with Crippen LogP contribution >= 0.6 is 0 Å². The molecule has 146 valence electrons. The average molecular weight is 388 g/mol. The van der Waals surface area contributed by atoms with E-state index in [1.807, 2.05) is 49.4 Å². The minimum atomic E-state index is -0.384. The quantitative estimate of drug-likeness (QED) is 0.361. The van der Waals surface area contributed by atoms with Crippen LogP contribution in [-0.2, 0) is 11.2 Å². The number of halogens is 1. The maximum Gasteiger partial charge on any atom is 0.165 e. The second-order valence-corrected chi connectivity index (χ2v) is 7.07. The molecule has 0 N–H and O–H groups in total. The maximum absolute atomic E-state index is 14.2. The molecule has 0 aliphatic heterocycles. The van der Waals surface area contributed by atoms with Gasteiger partial charge in [0.05, 0.1) is 7.11 Å². The van der Waals surface area contributed by atoms with Crippen molar-refractivity contribution in [2.45, 2.75) is 19.8 Å². The van der Waals surface area contributed by atoms with Crippen LogP contribution in [-0.4, -0.2) is 13.4 Å². The first-order chi connectivity index (χ1) is 14.1. The van der Waals surface area contributed by atoms with Crippen molar-refractivity contribution in [2.75, 3.05) is 7.11 Å². The molecular weight excluding hydrogens is 367 g/mol. The zero-order valence-corrected chi connectivity index (χ0v) is 16.4. The monoisotopic (exact) mass is 388 g/mol. The number of methoxy groups -OCH3 is 1. The smallest absolute Gasteiger partial charge is 0.165 e. The van der Waals surface area contributed by atoms with Crippen molar-refractivity contribution in [1.82, 2.24) is 0 Å². The summed E-state index contributed by atoms with van der Waals surface area (Å²) < 4.78 is 25.3. The van der Waals surface area contributed by atoms with Crippen LogP contribution in [0, 0.1) is 12.7 Å². The molecule has 0 aliphatic carbocycles. The minimum absolute atomic E-state index is 0.241. The van der Waals surface area contributed by atoms with Crippen LogP contribution < -0.4 is 4.74 Å². The second-order valence-electron chi connectivity index (χ2n) is 7.07. The van der Waals surface area contributed by atoms with Crippen molar-refractivity contribution in [3.63, 3.8) is 0 Å². The number of carbonyl (C=O) groups is 1. The highest BCUT2D eigenvalue weighted by atomic mass is 19.1. The summed E-state index contributed by atoms with van der Waals surface area (Å²) in [4.78, 5) is 10.6. The van der Waals surface area contributed by atoms with E-state index in [1.165, 1.54) is 13.2 Å². The molecule has 0 unspecified atom stereocenters. The molecule has 4 rings (SSSR count). The number of benzene rings is 3. The summed E-state index contributed by atoms with van der Waals surface area (Å²) in [5.41, 5.74) is 5.49. The molecule has 0 fully saturated rings. The van der Waals surface area contributed by atoms with E-state index in [1.54, 1.807) is 6.07 Å². The number of hydrogen-bond acceptors (Lipinski definition) is 3. The molecule has 0 atom stereocenters. The van der Waals surface area contributed by atoms with Gasteiger partial charge in [-0.25, -0.2) is 4.39 Å². The molecule has 0 aliphatic rings. The summed E-state index contributed by atoms with van der Waals surface area (Å²) in [7, 11) is 1.46. The predicted molar refractivity (Wildman–Crippen MR) is 113 cm³/mol. The van der Waals surface area contributed by atoms with E-state index < -0.39 is 0 Å². The van der Waals surface area contributed by atoms with Crippen LogP contribution in [0.25, 0.3) is 33.4 Å². The molecule has 0 radical (unpaired) electrons. The van der Waals surface area contributed by atoms with Gasteiger partial charge in [-0.05, 0) is 72.0 Å². The molecule has 4 aromatic rings. The molecule has 0 amide bonds. The van der Waals surface area contributed by atoms with E-state index >= 15 is 0 Å². The third kappa shape index (κ3) is 3.79. The van der Waals surface area contributed by atoms with Gasteiger partial charge in [-0.1, -0.05) is 24.3 Å². The normalized spacial score (nSPS) is 11.0. The predicted octanol–water partition coefficient (Wildman–Crippen LogP) is 6.35. The molecule has 0 spiro atoms. The van der Waals surface area contributed by atoms with Crippen molar-refractivity contribution < 1.29 is 18.3 Å². The zero-order chi connectivity index (χ0) is 20.4. The largest absolute Gasteiger partial charge is 0.494 e. The van der Waals surface area contributed by atoms with Gasteiger partial charge in [0.15, 0.2) is 11.6 Å². The first-order valence-electron chi connectivity index (χ1n) is 9.50. The van der Waals surface area contributed by atoms with E-state index in [0.717, 1.165) is 57.3 Å². The van der Waals surface area contributed by atoms with Gasteiger partial charge in [0.25, 0.3) is 0 Å². The van der Waals surface area contributed by atoms with E-state index in [4.69, 9.17) is 9.15 Å². The molecule has 0 bridgehead atoms. The van der Waals surface area contributed by atoms with Crippen LogP contribution in [0.15, 0.2) is 65.1 Å². The lowest BCUT2D eigenvalue weighted by Crippen LogP contribution is -1.92. The summed E-state index contributed by atoms with van der Waals surface area (Å²) in [6.45, 7) is 1.94. The third-order valence-corrected chi connectivity index (χ3v) is 5.09. The Morgan fingerprint density at radius 3 is 2.66 bits per heavy atom. The lowest BCUT2D eigenvalue weighted by Gasteiger charge is -2.10. The summed E-state index contributed by atoms with van der Waals surface area (Å²) in [6.07, 6.45) is 2.16. The fourth-order valence-electron chi connectivity index (χ4n) is 3.58.